The highest BCUT2D eigenvalue weighted by Crippen LogP contribution is 2.45. The van der Waals surface area contributed by atoms with Crippen LogP contribution in [0.2, 0.25) is 10.0 Å². The van der Waals surface area contributed by atoms with E-state index >= 15 is 0 Å². The quantitative estimate of drug-likeness (QED) is 0.316. The lowest BCUT2D eigenvalue weighted by Gasteiger charge is -2.33. The normalized spacial score (nSPS) is 15.8. The highest BCUT2D eigenvalue weighted by atomic mass is 35.5. The molecular weight excluding hydrogens is 511 g/mol. The number of benzene rings is 2. The van der Waals surface area contributed by atoms with Gasteiger partial charge in [0.2, 0.25) is 0 Å². The molecule has 36 heavy (non-hydrogen) atoms. The Morgan fingerprint density at radius 3 is 2.50 bits per heavy atom. The molecule has 1 N–H and O–H groups in total. The minimum atomic E-state index is -0.152. The average Bonchev–Trinajstić information content (AvgIpc) is 3.17. The molecule has 3 aromatic rings. The van der Waals surface area contributed by atoms with Gasteiger partial charge in [-0.05, 0) is 92.5 Å². The molecule has 1 heterocycles. The summed E-state index contributed by atoms with van der Waals surface area (Å²) in [5.41, 5.74) is 3.45. The summed E-state index contributed by atoms with van der Waals surface area (Å²) in [4.78, 5) is 19.6. The van der Waals surface area contributed by atoms with Gasteiger partial charge in [0, 0.05) is 32.4 Å². The van der Waals surface area contributed by atoms with E-state index in [1.54, 1.807) is 47.9 Å². The van der Waals surface area contributed by atoms with Crippen LogP contribution in [-0.4, -0.2) is 18.2 Å². The first-order chi connectivity index (χ1) is 17.0. The molecule has 0 saturated carbocycles. The van der Waals surface area contributed by atoms with Gasteiger partial charge in [-0.25, -0.2) is 4.99 Å². The highest BCUT2D eigenvalue weighted by molar-refractivity contribution is 7.16. The van der Waals surface area contributed by atoms with Crippen molar-refractivity contribution in [3.8, 4) is 5.75 Å². The monoisotopic (exact) mass is 542 g/mol. The second-order valence-electron chi connectivity index (χ2n) is 10.6. The number of anilines is 1. The van der Waals surface area contributed by atoms with Crippen LogP contribution in [0.1, 0.15) is 67.4 Å². The van der Waals surface area contributed by atoms with Crippen molar-refractivity contribution in [3.05, 3.63) is 74.1 Å². The van der Waals surface area contributed by atoms with Gasteiger partial charge in [0.1, 0.15) is 10.8 Å². The molecule has 1 amide bonds. The molecule has 0 bridgehead atoms. The molecule has 0 fully saturated rings. The summed E-state index contributed by atoms with van der Waals surface area (Å²) in [6, 6.07) is 12.6. The van der Waals surface area contributed by atoms with E-state index in [2.05, 4.69) is 26.1 Å². The third-order valence-electron chi connectivity index (χ3n) is 6.46. The Bertz CT molecular complexity index is 1270. The minimum absolute atomic E-state index is 0.0161. The molecule has 1 aromatic heterocycles. The van der Waals surface area contributed by atoms with Gasteiger partial charge in [-0.3, -0.25) is 4.79 Å². The Hall–Kier alpha value is -2.34. The van der Waals surface area contributed by atoms with Crippen LogP contribution in [0.25, 0.3) is 0 Å². The molecule has 1 aliphatic rings. The standard InChI is InChI=1S/C29H32Cl2N2O2S/c1-17(2)35-24-13-9-21(31)14-18(24)16-32-28-26(27(34)33-22-10-7-20(30)8-11-22)23-12-6-19(29(3,4)5)15-25(23)36-28/h7-11,13-14,16-17,19H,6,12,15H2,1-5H3,(H,33,34)/t19-/m0/s1. The zero-order chi connectivity index (χ0) is 26.0. The first kappa shape index (κ1) is 26.7. The number of hydrogen-bond acceptors (Lipinski definition) is 4. The second-order valence-corrected chi connectivity index (χ2v) is 12.5. The number of amides is 1. The fourth-order valence-electron chi connectivity index (χ4n) is 4.47. The number of fused-ring (bicyclic) bond motifs is 1. The van der Waals surface area contributed by atoms with Gasteiger partial charge < -0.3 is 10.1 Å². The van der Waals surface area contributed by atoms with Crippen molar-refractivity contribution >= 4 is 57.3 Å². The topological polar surface area (TPSA) is 50.7 Å². The third-order valence-corrected chi connectivity index (χ3v) is 8.11. The number of nitrogens with zero attached hydrogens (tertiary/aromatic N) is 1. The third kappa shape index (κ3) is 6.31. The van der Waals surface area contributed by atoms with Gasteiger partial charge in [-0.1, -0.05) is 44.0 Å². The van der Waals surface area contributed by atoms with Crippen molar-refractivity contribution < 1.29 is 9.53 Å². The van der Waals surface area contributed by atoms with Crippen LogP contribution in [0.15, 0.2) is 47.5 Å². The Morgan fingerprint density at radius 1 is 1.14 bits per heavy atom. The van der Waals surface area contributed by atoms with Crippen molar-refractivity contribution in [3.63, 3.8) is 0 Å². The van der Waals surface area contributed by atoms with Crippen LogP contribution >= 0.6 is 34.5 Å². The van der Waals surface area contributed by atoms with E-state index in [1.165, 1.54) is 4.88 Å². The zero-order valence-electron chi connectivity index (χ0n) is 21.3. The van der Waals surface area contributed by atoms with Gasteiger partial charge in [-0.15, -0.1) is 11.3 Å². The molecule has 0 spiro atoms. The summed E-state index contributed by atoms with van der Waals surface area (Å²) in [6.07, 6.45) is 4.65. The highest BCUT2D eigenvalue weighted by Gasteiger charge is 2.33. The molecule has 190 valence electrons. The fourth-order valence-corrected chi connectivity index (χ4v) is 6.05. The van der Waals surface area contributed by atoms with Crippen LogP contribution in [-0.2, 0) is 12.8 Å². The summed E-state index contributed by atoms with van der Waals surface area (Å²) in [6.45, 7) is 10.8. The van der Waals surface area contributed by atoms with E-state index in [1.807, 2.05) is 26.0 Å². The van der Waals surface area contributed by atoms with Crippen LogP contribution in [0.3, 0.4) is 0 Å². The summed E-state index contributed by atoms with van der Waals surface area (Å²) in [5.74, 6) is 1.12. The van der Waals surface area contributed by atoms with Crippen molar-refractivity contribution in [2.24, 2.45) is 16.3 Å². The van der Waals surface area contributed by atoms with Crippen LogP contribution < -0.4 is 10.1 Å². The van der Waals surface area contributed by atoms with E-state index in [0.29, 0.717) is 38.0 Å². The molecule has 4 rings (SSSR count). The number of thiophene rings is 1. The van der Waals surface area contributed by atoms with E-state index in [-0.39, 0.29) is 17.4 Å². The van der Waals surface area contributed by atoms with Crippen molar-refractivity contribution in [2.45, 2.75) is 60.0 Å². The average molecular weight is 544 g/mol. The Balaban J connectivity index is 1.73. The molecule has 0 radical (unpaired) electrons. The van der Waals surface area contributed by atoms with Crippen molar-refractivity contribution in [2.75, 3.05) is 5.32 Å². The fraction of sp³-hybridized carbons (Fsp3) is 0.379. The number of nitrogens with one attached hydrogen (secondary N) is 1. The Kier molecular flexibility index (Phi) is 8.13. The molecule has 0 unspecified atom stereocenters. The largest absolute Gasteiger partial charge is 0.490 e. The molecule has 0 aliphatic heterocycles. The first-order valence-corrected chi connectivity index (χ1v) is 13.8. The maximum atomic E-state index is 13.6. The van der Waals surface area contributed by atoms with Gasteiger partial charge in [0.25, 0.3) is 5.91 Å². The molecule has 1 atom stereocenters. The molecule has 0 saturated heterocycles. The van der Waals surface area contributed by atoms with Crippen LogP contribution in [0.5, 0.6) is 5.75 Å². The molecule has 2 aromatic carbocycles. The van der Waals surface area contributed by atoms with Crippen molar-refractivity contribution in [1.29, 1.82) is 0 Å². The molecular formula is C29H32Cl2N2O2S. The number of carbonyl (C=O) groups excluding carboxylic acids is 1. The van der Waals surface area contributed by atoms with E-state index in [0.717, 1.165) is 30.4 Å². The number of halogens is 2. The van der Waals surface area contributed by atoms with Gasteiger partial charge >= 0.3 is 0 Å². The summed E-state index contributed by atoms with van der Waals surface area (Å²) < 4.78 is 5.95. The van der Waals surface area contributed by atoms with Gasteiger partial charge in [0.05, 0.1) is 11.7 Å². The first-order valence-electron chi connectivity index (χ1n) is 12.2. The smallest absolute Gasteiger partial charge is 0.259 e. The van der Waals surface area contributed by atoms with E-state index in [9.17, 15) is 4.79 Å². The number of carbonyl (C=O) groups is 1. The molecule has 7 heteroatoms. The van der Waals surface area contributed by atoms with E-state index < -0.39 is 0 Å². The van der Waals surface area contributed by atoms with Crippen LogP contribution in [0, 0.1) is 11.3 Å². The number of rotatable bonds is 6. The predicted octanol–water partition coefficient (Wildman–Crippen LogP) is 9.00. The zero-order valence-corrected chi connectivity index (χ0v) is 23.7. The summed E-state index contributed by atoms with van der Waals surface area (Å²) in [5, 5.41) is 4.97. The molecule has 4 nitrogen and oxygen atoms in total. The number of hydrogen-bond donors (Lipinski definition) is 1. The van der Waals surface area contributed by atoms with Crippen LogP contribution in [0.4, 0.5) is 10.7 Å². The SMILES string of the molecule is CC(C)Oc1ccc(Cl)cc1C=Nc1sc2c(c1C(=O)Nc1ccc(Cl)cc1)CC[C@H](C(C)(C)C)C2. The predicted molar refractivity (Wildman–Crippen MR) is 153 cm³/mol. The summed E-state index contributed by atoms with van der Waals surface area (Å²) in [7, 11) is 0. The van der Waals surface area contributed by atoms with E-state index in [4.69, 9.17) is 32.9 Å². The lowest BCUT2D eigenvalue weighted by Crippen LogP contribution is -2.27. The Labute approximate surface area is 227 Å². The van der Waals surface area contributed by atoms with Gasteiger partial charge in [0.15, 0.2) is 0 Å². The second kappa shape index (κ2) is 11.0. The number of ether oxygens (including phenoxy) is 1. The summed E-state index contributed by atoms with van der Waals surface area (Å²) >= 11 is 13.9. The lowest BCUT2D eigenvalue weighted by atomic mass is 9.72. The van der Waals surface area contributed by atoms with Crippen molar-refractivity contribution in [1.82, 2.24) is 0 Å². The number of aliphatic imine (C=N–C) groups is 1. The minimum Gasteiger partial charge on any atom is -0.490 e. The maximum absolute atomic E-state index is 13.6. The lowest BCUT2D eigenvalue weighted by molar-refractivity contribution is 0.102. The Morgan fingerprint density at radius 2 is 1.83 bits per heavy atom. The van der Waals surface area contributed by atoms with Gasteiger partial charge in [-0.2, -0.15) is 0 Å². The molecule has 1 aliphatic carbocycles. The maximum Gasteiger partial charge on any atom is 0.259 e.